The summed E-state index contributed by atoms with van der Waals surface area (Å²) < 4.78 is 0. The van der Waals surface area contributed by atoms with Crippen LogP contribution in [-0.2, 0) is 0 Å². The maximum atomic E-state index is 5.50. The summed E-state index contributed by atoms with van der Waals surface area (Å²) in [5.74, 6) is 3.21. The monoisotopic (exact) mass is 182 g/mol. The van der Waals surface area contributed by atoms with Crippen molar-refractivity contribution in [3.8, 4) is 0 Å². The largest absolute Gasteiger partial charge is 0.330 e. The van der Waals surface area contributed by atoms with E-state index in [0.717, 1.165) is 30.7 Å². The summed E-state index contributed by atoms with van der Waals surface area (Å²) in [5, 5.41) is 3.59. The minimum absolute atomic E-state index is 0.617. The Morgan fingerprint density at radius 1 is 1.38 bits per heavy atom. The van der Waals surface area contributed by atoms with Crippen molar-refractivity contribution in [1.29, 1.82) is 0 Å². The van der Waals surface area contributed by atoms with Gasteiger partial charge in [-0.2, -0.15) is 0 Å². The Labute approximate surface area is 81.3 Å². The van der Waals surface area contributed by atoms with Gasteiger partial charge in [0, 0.05) is 6.04 Å². The summed E-state index contributed by atoms with van der Waals surface area (Å²) in [7, 11) is 0. The van der Waals surface area contributed by atoms with E-state index in [0.29, 0.717) is 6.04 Å². The van der Waals surface area contributed by atoms with Gasteiger partial charge in [-0.15, -0.1) is 0 Å². The van der Waals surface area contributed by atoms with Crippen LogP contribution in [0.5, 0.6) is 0 Å². The van der Waals surface area contributed by atoms with Crippen LogP contribution in [0.4, 0.5) is 0 Å². The Morgan fingerprint density at radius 2 is 2.08 bits per heavy atom. The molecule has 2 rings (SSSR count). The molecule has 0 spiro atoms. The van der Waals surface area contributed by atoms with Crippen molar-refractivity contribution >= 4 is 0 Å². The van der Waals surface area contributed by atoms with Crippen molar-refractivity contribution in [3.05, 3.63) is 0 Å². The Hall–Kier alpha value is -0.0800. The Kier molecular flexibility index (Phi) is 2.89. The number of nitrogens with one attached hydrogen (secondary N) is 1. The Bertz CT molecular complexity index is 159. The first-order valence-corrected chi connectivity index (χ1v) is 5.76. The fourth-order valence-corrected chi connectivity index (χ4v) is 2.96. The molecule has 0 aromatic carbocycles. The molecule has 2 aliphatic carbocycles. The maximum Gasteiger partial charge on any atom is 0.00508 e. The Morgan fingerprint density at radius 3 is 2.69 bits per heavy atom. The molecule has 3 N–H and O–H groups in total. The molecule has 0 aromatic heterocycles. The quantitative estimate of drug-likeness (QED) is 0.674. The second kappa shape index (κ2) is 3.97. The first kappa shape index (κ1) is 9.47. The normalized spacial score (nSPS) is 38.8. The van der Waals surface area contributed by atoms with E-state index in [9.17, 15) is 0 Å². The van der Waals surface area contributed by atoms with Crippen LogP contribution in [0.25, 0.3) is 0 Å². The zero-order valence-electron chi connectivity index (χ0n) is 8.63. The van der Waals surface area contributed by atoms with Crippen LogP contribution in [0, 0.1) is 17.8 Å². The van der Waals surface area contributed by atoms with E-state index >= 15 is 0 Å². The highest BCUT2D eigenvalue weighted by atomic mass is 14.9. The summed E-state index contributed by atoms with van der Waals surface area (Å²) in [6.45, 7) is 4.30. The molecule has 0 radical (unpaired) electrons. The lowest BCUT2D eigenvalue weighted by atomic mass is 10.1. The first-order chi connectivity index (χ1) is 6.33. The average molecular weight is 182 g/mol. The molecule has 2 heteroatoms. The number of nitrogens with two attached hydrogens (primary N) is 1. The maximum absolute atomic E-state index is 5.50. The minimum atomic E-state index is 0.617. The molecule has 0 bridgehead atoms. The molecule has 2 aliphatic rings. The van der Waals surface area contributed by atoms with E-state index in [4.69, 9.17) is 5.73 Å². The van der Waals surface area contributed by atoms with Crippen LogP contribution in [0.3, 0.4) is 0 Å². The van der Waals surface area contributed by atoms with Gasteiger partial charge in [-0.3, -0.25) is 0 Å². The highest BCUT2D eigenvalue weighted by Crippen LogP contribution is 2.57. The predicted octanol–water partition coefficient (Wildman–Crippen LogP) is 1.36. The van der Waals surface area contributed by atoms with Gasteiger partial charge in [-0.1, -0.05) is 6.42 Å². The molecule has 2 fully saturated rings. The SMILES string of the molecule is CC(CCN)NCC1C2CCCC21. The van der Waals surface area contributed by atoms with E-state index in [2.05, 4.69) is 12.2 Å². The number of rotatable bonds is 5. The van der Waals surface area contributed by atoms with Crippen LogP contribution in [0.2, 0.25) is 0 Å². The first-order valence-electron chi connectivity index (χ1n) is 5.76. The molecule has 3 atom stereocenters. The topological polar surface area (TPSA) is 38.0 Å². The van der Waals surface area contributed by atoms with Crippen molar-refractivity contribution in [2.45, 2.75) is 38.6 Å². The predicted molar refractivity (Wildman–Crippen MR) is 55.5 cm³/mol. The van der Waals surface area contributed by atoms with Gasteiger partial charge >= 0.3 is 0 Å². The van der Waals surface area contributed by atoms with Crippen LogP contribution >= 0.6 is 0 Å². The molecule has 2 nitrogen and oxygen atoms in total. The van der Waals surface area contributed by atoms with Crippen molar-refractivity contribution in [2.24, 2.45) is 23.5 Å². The summed E-state index contributed by atoms with van der Waals surface area (Å²) in [4.78, 5) is 0. The lowest BCUT2D eigenvalue weighted by molar-refractivity contribution is 0.466. The number of hydrogen-bond donors (Lipinski definition) is 2. The molecule has 13 heavy (non-hydrogen) atoms. The molecule has 0 heterocycles. The van der Waals surface area contributed by atoms with Gasteiger partial charge in [0.2, 0.25) is 0 Å². The second-order valence-electron chi connectivity index (χ2n) is 4.81. The van der Waals surface area contributed by atoms with Crippen LogP contribution in [0.15, 0.2) is 0 Å². The fourth-order valence-electron chi connectivity index (χ4n) is 2.96. The van der Waals surface area contributed by atoms with Crippen molar-refractivity contribution in [3.63, 3.8) is 0 Å². The van der Waals surface area contributed by atoms with Gasteiger partial charge in [-0.05, 0) is 57.0 Å². The van der Waals surface area contributed by atoms with E-state index in [1.54, 1.807) is 0 Å². The third-order valence-corrected chi connectivity index (χ3v) is 3.89. The summed E-state index contributed by atoms with van der Waals surface area (Å²) in [6.07, 6.45) is 5.61. The van der Waals surface area contributed by atoms with Crippen molar-refractivity contribution in [1.82, 2.24) is 5.32 Å². The second-order valence-corrected chi connectivity index (χ2v) is 4.81. The number of hydrogen-bond acceptors (Lipinski definition) is 2. The highest BCUT2D eigenvalue weighted by Gasteiger charge is 2.51. The molecular weight excluding hydrogens is 160 g/mol. The van der Waals surface area contributed by atoms with E-state index in [1.807, 2.05) is 0 Å². The highest BCUT2D eigenvalue weighted by molar-refractivity contribution is 5.01. The van der Waals surface area contributed by atoms with Gasteiger partial charge in [-0.25, -0.2) is 0 Å². The smallest absolute Gasteiger partial charge is 0.00508 e. The van der Waals surface area contributed by atoms with Crippen molar-refractivity contribution < 1.29 is 0 Å². The van der Waals surface area contributed by atoms with E-state index in [-0.39, 0.29) is 0 Å². The molecule has 0 amide bonds. The minimum Gasteiger partial charge on any atom is -0.330 e. The molecule has 0 aliphatic heterocycles. The van der Waals surface area contributed by atoms with Gasteiger partial charge in [0.1, 0.15) is 0 Å². The molecule has 3 unspecified atom stereocenters. The average Bonchev–Trinajstić information content (AvgIpc) is 2.58. The molecule has 76 valence electrons. The standard InChI is InChI=1S/C11H22N2/c1-8(5-6-12)13-7-11-9-3-2-4-10(9)11/h8-11,13H,2-7,12H2,1H3. The van der Waals surface area contributed by atoms with Crippen LogP contribution in [0.1, 0.15) is 32.6 Å². The zero-order valence-corrected chi connectivity index (χ0v) is 8.63. The van der Waals surface area contributed by atoms with Gasteiger partial charge < -0.3 is 11.1 Å². The third-order valence-electron chi connectivity index (χ3n) is 3.89. The summed E-state index contributed by atoms with van der Waals surface area (Å²) in [6, 6.07) is 0.617. The van der Waals surface area contributed by atoms with Gasteiger partial charge in [0.05, 0.1) is 0 Å². The lowest BCUT2D eigenvalue weighted by Gasteiger charge is -2.13. The third kappa shape index (κ3) is 2.05. The van der Waals surface area contributed by atoms with Gasteiger partial charge in [0.15, 0.2) is 0 Å². The molecule has 0 aromatic rings. The van der Waals surface area contributed by atoms with Crippen molar-refractivity contribution in [2.75, 3.05) is 13.1 Å². The molecule has 0 saturated heterocycles. The lowest BCUT2D eigenvalue weighted by Crippen LogP contribution is -2.30. The fraction of sp³-hybridized carbons (Fsp3) is 1.00. The zero-order chi connectivity index (χ0) is 9.26. The van der Waals surface area contributed by atoms with Crippen LogP contribution in [-0.4, -0.2) is 19.1 Å². The van der Waals surface area contributed by atoms with E-state index in [1.165, 1.54) is 25.8 Å². The number of fused-ring (bicyclic) bond motifs is 1. The van der Waals surface area contributed by atoms with Gasteiger partial charge in [0.25, 0.3) is 0 Å². The molecular formula is C11H22N2. The summed E-state index contributed by atoms with van der Waals surface area (Å²) >= 11 is 0. The summed E-state index contributed by atoms with van der Waals surface area (Å²) in [5.41, 5.74) is 5.50. The molecule has 2 saturated carbocycles. The Balaban J connectivity index is 1.59. The van der Waals surface area contributed by atoms with E-state index < -0.39 is 0 Å². The van der Waals surface area contributed by atoms with Crippen LogP contribution < -0.4 is 11.1 Å².